The molecule has 0 radical (unpaired) electrons. The molecule has 2 fully saturated rings. The second-order valence-corrected chi connectivity index (χ2v) is 7.37. The van der Waals surface area contributed by atoms with Crippen LogP contribution in [-0.2, 0) is 11.3 Å². The summed E-state index contributed by atoms with van der Waals surface area (Å²) in [6.45, 7) is 1.96. The van der Waals surface area contributed by atoms with Crippen LogP contribution >= 0.6 is 0 Å². The first-order valence-corrected chi connectivity index (χ1v) is 9.23. The van der Waals surface area contributed by atoms with Crippen molar-refractivity contribution in [1.29, 1.82) is 5.26 Å². The Morgan fingerprint density at radius 2 is 1.82 bits per heavy atom. The van der Waals surface area contributed by atoms with Crippen LogP contribution in [0.25, 0.3) is 0 Å². The zero-order valence-electron chi connectivity index (χ0n) is 15.2. The Balaban J connectivity index is 1.42. The third kappa shape index (κ3) is 3.28. The first-order chi connectivity index (χ1) is 13.5. The predicted molar refractivity (Wildman–Crippen MR) is 97.0 cm³/mol. The van der Waals surface area contributed by atoms with Crippen LogP contribution in [0.5, 0.6) is 0 Å². The van der Waals surface area contributed by atoms with Crippen molar-refractivity contribution in [2.45, 2.75) is 25.8 Å². The number of piperidine rings is 1. The van der Waals surface area contributed by atoms with Gasteiger partial charge < -0.3 is 9.80 Å². The van der Waals surface area contributed by atoms with E-state index in [1.807, 2.05) is 6.07 Å². The highest BCUT2D eigenvalue weighted by Gasteiger charge is 2.48. The summed E-state index contributed by atoms with van der Waals surface area (Å²) >= 11 is 0. The number of benzene rings is 1. The maximum atomic E-state index is 13.9. The van der Waals surface area contributed by atoms with E-state index < -0.39 is 17.0 Å². The van der Waals surface area contributed by atoms with Gasteiger partial charge in [-0.25, -0.2) is 8.78 Å². The highest BCUT2D eigenvalue weighted by Crippen LogP contribution is 2.42. The smallest absolute Gasteiger partial charge is 0.229 e. The van der Waals surface area contributed by atoms with Crippen LogP contribution in [0.15, 0.2) is 30.3 Å². The van der Waals surface area contributed by atoms with Crippen LogP contribution in [0.2, 0.25) is 0 Å². The monoisotopic (exact) mass is 383 g/mol. The van der Waals surface area contributed by atoms with Crippen molar-refractivity contribution in [3.05, 3.63) is 53.2 Å². The Hall–Kier alpha value is -3.08. The Kier molecular flexibility index (Phi) is 4.67. The van der Waals surface area contributed by atoms with E-state index in [-0.39, 0.29) is 23.7 Å². The minimum atomic E-state index is -0.505. The van der Waals surface area contributed by atoms with Gasteiger partial charge in [0.05, 0.1) is 5.41 Å². The van der Waals surface area contributed by atoms with Gasteiger partial charge in [-0.05, 0) is 49.6 Å². The summed E-state index contributed by atoms with van der Waals surface area (Å²) in [5.74, 6) is -0.293. The Morgan fingerprint density at radius 1 is 1.07 bits per heavy atom. The number of amides is 1. The molecule has 0 saturated carbocycles. The van der Waals surface area contributed by atoms with Gasteiger partial charge in [0.25, 0.3) is 0 Å². The van der Waals surface area contributed by atoms with Gasteiger partial charge in [-0.3, -0.25) is 4.79 Å². The van der Waals surface area contributed by atoms with Gasteiger partial charge in [0.2, 0.25) is 5.91 Å². The van der Waals surface area contributed by atoms with Gasteiger partial charge in [0, 0.05) is 31.7 Å². The summed E-state index contributed by atoms with van der Waals surface area (Å²) in [5.41, 5.74) is 0.0273. The van der Waals surface area contributed by atoms with Crippen LogP contribution in [0.1, 0.15) is 30.5 Å². The van der Waals surface area contributed by atoms with E-state index in [0.717, 1.165) is 24.6 Å². The van der Waals surface area contributed by atoms with Crippen LogP contribution in [0.3, 0.4) is 0 Å². The molecule has 6 nitrogen and oxygen atoms in total. The average Bonchev–Trinajstić information content (AvgIpc) is 3.01. The minimum Gasteiger partial charge on any atom is -0.355 e. The zero-order chi connectivity index (χ0) is 19.7. The Bertz CT molecular complexity index is 933. The summed E-state index contributed by atoms with van der Waals surface area (Å²) in [7, 11) is 0. The van der Waals surface area contributed by atoms with Gasteiger partial charge in [-0.2, -0.15) is 5.26 Å². The largest absolute Gasteiger partial charge is 0.355 e. The lowest BCUT2D eigenvalue weighted by Crippen LogP contribution is -2.45. The number of hydrogen-bond donors (Lipinski definition) is 0. The number of hydrogen-bond acceptors (Lipinski definition) is 5. The molecule has 28 heavy (non-hydrogen) atoms. The molecule has 8 heteroatoms. The van der Waals surface area contributed by atoms with E-state index in [1.165, 1.54) is 0 Å². The highest BCUT2D eigenvalue weighted by atomic mass is 19.1. The molecule has 1 aromatic carbocycles. The van der Waals surface area contributed by atoms with Crippen molar-refractivity contribution in [1.82, 2.24) is 15.1 Å². The van der Waals surface area contributed by atoms with Crippen molar-refractivity contribution in [2.75, 3.05) is 24.5 Å². The number of rotatable bonds is 3. The Labute approximate surface area is 161 Å². The van der Waals surface area contributed by atoms with Crippen molar-refractivity contribution in [2.24, 2.45) is 5.41 Å². The predicted octanol–water partition coefficient (Wildman–Crippen LogP) is 2.65. The molecule has 0 bridgehead atoms. The molecule has 2 saturated heterocycles. The van der Waals surface area contributed by atoms with Crippen molar-refractivity contribution in [3.63, 3.8) is 0 Å². The molecule has 1 aromatic heterocycles. The number of carbonyl (C=O) groups is 1. The SMILES string of the molecule is N#Cc1ccc(N2CCC3(CCN(Cc4cc(F)ccc4F)C3=O)CC2)nn1. The van der Waals surface area contributed by atoms with Gasteiger partial charge in [-0.1, -0.05) is 0 Å². The molecule has 3 heterocycles. The lowest BCUT2D eigenvalue weighted by atomic mass is 9.77. The summed E-state index contributed by atoms with van der Waals surface area (Å²) < 4.78 is 27.3. The topological polar surface area (TPSA) is 73.1 Å². The second-order valence-electron chi connectivity index (χ2n) is 7.37. The number of anilines is 1. The maximum absolute atomic E-state index is 13.9. The third-order valence-corrected chi connectivity index (χ3v) is 5.78. The van der Waals surface area contributed by atoms with Crippen LogP contribution in [0, 0.1) is 28.4 Å². The van der Waals surface area contributed by atoms with Crippen LogP contribution < -0.4 is 4.90 Å². The molecule has 0 aliphatic carbocycles. The minimum absolute atomic E-state index is 0.0155. The van der Waals surface area contributed by atoms with E-state index >= 15 is 0 Å². The molecule has 0 N–H and O–H groups in total. The maximum Gasteiger partial charge on any atom is 0.229 e. The molecular weight excluding hydrogens is 364 g/mol. The molecule has 0 atom stereocenters. The number of nitrogens with zero attached hydrogens (tertiary/aromatic N) is 5. The lowest BCUT2D eigenvalue weighted by Gasteiger charge is -2.38. The first kappa shape index (κ1) is 18.3. The molecule has 2 aromatic rings. The number of nitriles is 1. The molecule has 2 aliphatic rings. The van der Waals surface area contributed by atoms with Crippen molar-refractivity contribution in [3.8, 4) is 6.07 Å². The summed E-state index contributed by atoms with van der Waals surface area (Å²) in [6, 6.07) is 8.66. The molecule has 1 amide bonds. The zero-order valence-corrected chi connectivity index (χ0v) is 15.2. The van der Waals surface area contributed by atoms with E-state index in [9.17, 15) is 13.6 Å². The van der Waals surface area contributed by atoms with E-state index in [1.54, 1.807) is 17.0 Å². The molecule has 2 aliphatic heterocycles. The number of carbonyl (C=O) groups excluding carboxylic acids is 1. The van der Waals surface area contributed by atoms with Gasteiger partial charge in [0.1, 0.15) is 17.7 Å². The van der Waals surface area contributed by atoms with E-state index in [2.05, 4.69) is 15.1 Å². The van der Waals surface area contributed by atoms with Crippen molar-refractivity contribution < 1.29 is 13.6 Å². The fourth-order valence-electron chi connectivity index (χ4n) is 4.10. The summed E-state index contributed by atoms with van der Waals surface area (Å²) in [5, 5.41) is 16.8. The number of halogens is 2. The molecular formula is C20H19F2N5O. The second kappa shape index (κ2) is 7.15. The third-order valence-electron chi connectivity index (χ3n) is 5.78. The average molecular weight is 383 g/mol. The van der Waals surface area contributed by atoms with Crippen LogP contribution in [0.4, 0.5) is 14.6 Å². The first-order valence-electron chi connectivity index (χ1n) is 9.23. The van der Waals surface area contributed by atoms with Gasteiger partial charge in [-0.15, -0.1) is 10.2 Å². The van der Waals surface area contributed by atoms with Crippen LogP contribution in [-0.4, -0.2) is 40.6 Å². The van der Waals surface area contributed by atoms with Gasteiger partial charge >= 0.3 is 0 Å². The lowest BCUT2D eigenvalue weighted by molar-refractivity contribution is -0.137. The van der Waals surface area contributed by atoms with Gasteiger partial charge in [0.15, 0.2) is 11.5 Å². The van der Waals surface area contributed by atoms with Crippen molar-refractivity contribution >= 4 is 11.7 Å². The summed E-state index contributed by atoms with van der Waals surface area (Å²) in [6.07, 6.45) is 2.07. The molecule has 144 valence electrons. The highest BCUT2D eigenvalue weighted by molar-refractivity contribution is 5.85. The Morgan fingerprint density at radius 3 is 2.50 bits per heavy atom. The molecule has 0 unspecified atom stereocenters. The number of likely N-dealkylation sites (tertiary alicyclic amines) is 1. The normalized spacial score (nSPS) is 18.5. The van der Waals surface area contributed by atoms with E-state index in [4.69, 9.17) is 5.26 Å². The molecule has 1 spiro atoms. The van der Waals surface area contributed by atoms with E-state index in [0.29, 0.717) is 38.3 Å². The standard InChI is InChI=1S/C20H19F2N5O/c21-15-1-3-17(22)14(11-15)13-27-10-7-20(19(27)28)5-8-26(9-6-20)18-4-2-16(12-23)24-25-18/h1-4,11H,5-10,13H2. The number of aromatic nitrogens is 2. The quantitative estimate of drug-likeness (QED) is 0.815. The summed E-state index contributed by atoms with van der Waals surface area (Å²) in [4.78, 5) is 16.7. The molecule has 4 rings (SSSR count). The fraction of sp³-hybridized carbons (Fsp3) is 0.400. The fourth-order valence-corrected chi connectivity index (χ4v) is 4.10.